The lowest BCUT2D eigenvalue weighted by atomic mass is 10.4. The number of hydrogen-bond donors (Lipinski definition) is 0. The summed E-state index contributed by atoms with van der Waals surface area (Å²) in [6.45, 7) is 3.08. The van der Waals surface area contributed by atoms with E-state index in [0.29, 0.717) is 16.2 Å². The molecule has 2 rings (SSSR count). The molecule has 0 radical (unpaired) electrons. The number of nitrogens with zero attached hydrogens (tertiary/aromatic N) is 1. The van der Waals surface area contributed by atoms with Crippen molar-refractivity contribution in [2.24, 2.45) is 0 Å². The second-order valence-electron chi connectivity index (χ2n) is 4.58. The van der Waals surface area contributed by atoms with Crippen LogP contribution in [-0.4, -0.2) is 25.1 Å². The van der Waals surface area contributed by atoms with Crippen LogP contribution in [0, 0.1) is 0 Å². The summed E-state index contributed by atoms with van der Waals surface area (Å²) >= 11 is 6.78. The van der Waals surface area contributed by atoms with Crippen molar-refractivity contribution in [3.05, 3.63) is 26.1 Å². The van der Waals surface area contributed by atoms with E-state index in [0.717, 1.165) is 16.8 Å². The van der Waals surface area contributed by atoms with Gasteiger partial charge in [-0.2, -0.15) is 11.8 Å². The summed E-state index contributed by atoms with van der Waals surface area (Å²) in [4.78, 5) is 14.0. The molecule has 0 saturated heterocycles. The third-order valence-electron chi connectivity index (χ3n) is 2.98. The normalized spacial score (nSPS) is 11.2. The SMILES string of the molecule is CCCCSCCN(C)c1cc(=O)c2scc(Br)c2o1. The van der Waals surface area contributed by atoms with Crippen LogP contribution >= 0.6 is 39.0 Å². The number of halogens is 1. The van der Waals surface area contributed by atoms with Crippen molar-refractivity contribution in [1.82, 2.24) is 0 Å². The van der Waals surface area contributed by atoms with Gasteiger partial charge in [0, 0.05) is 30.8 Å². The predicted molar refractivity (Wildman–Crippen MR) is 93.6 cm³/mol. The number of thioether (sulfide) groups is 1. The van der Waals surface area contributed by atoms with Gasteiger partial charge in [0.05, 0.1) is 4.47 Å². The van der Waals surface area contributed by atoms with Crippen LogP contribution in [0.25, 0.3) is 10.3 Å². The summed E-state index contributed by atoms with van der Waals surface area (Å²) in [5.74, 6) is 2.88. The van der Waals surface area contributed by atoms with E-state index in [1.165, 1.54) is 29.9 Å². The van der Waals surface area contributed by atoms with Crippen molar-refractivity contribution in [3.8, 4) is 0 Å². The maximum atomic E-state index is 12.0. The molecule has 0 aromatic carbocycles. The zero-order valence-corrected chi connectivity index (χ0v) is 14.9. The molecule has 2 aromatic rings. The van der Waals surface area contributed by atoms with Gasteiger partial charge in [0.15, 0.2) is 11.5 Å². The molecule has 6 heteroatoms. The first-order chi connectivity index (χ1) is 9.63. The predicted octanol–water partition coefficient (Wildman–Crippen LogP) is 4.59. The summed E-state index contributed by atoms with van der Waals surface area (Å²) < 4.78 is 7.36. The Morgan fingerprint density at radius 2 is 2.25 bits per heavy atom. The van der Waals surface area contributed by atoms with Crippen molar-refractivity contribution in [2.45, 2.75) is 19.8 Å². The molecule has 0 N–H and O–H groups in total. The molecule has 0 bridgehead atoms. The maximum Gasteiger partial charge on any atom is 0.204 e. The van der Waals surface area contributed by atoms with E-state index in [4.69, 9.17) is 4.42 Å². The van der Waals surface area contributed by atoms with Gasteiger partial charge in [0.25, 0.3) is 0 Å². The molecule has 0 aliphatic rings. The highest BCUT2D eigenvalue weighted by Gasteiger charge is 2.12. The van der Waals surface area contributed by atoms with Crippen LogP contribution in [0.5, 0.6) is 0 Å². The fraction of sp³-hybridized carbons (Fsp3) is 0.500. The molecular formula is C14H18BrNO2S2. The molecular weight excluding hydrogens is 358 g/mol. The van der Waals surface area contributed by atoms with Crippen molar-refractivity contribution >= 4 is 55.2 Å². The Morgan fingerprint density at radius 3 is 3.00 bits per heavy atom. The summed E-state index contributed by atoms with van der Waals surface area (Å²) in [5.41, 5.74) is 0.686. The maximum absolute atomic E-state index is 12.0. The van der Waals surface area contributed by atoms with Gasteiger partial charge in [0.1, 0.15) is 4.70 Å². The Morgan fingerprint density at radius 1 is 1.45 bits per heavy atom. The van der Waals surface area contributed by atoms with Gasteiger partial charge < -0.3 is 9.32 Å². The first-order valence-corrected chi connectivity index (χ1v) is 9.46. The minimum atomic E-state index is 0.0300. The number of rotatable bonds is 7. The second-order valence-corrected chi connectivity index (χ2v) is 7.54. The molecule has 0 saturated carbocycles. The average Bonchev–Trinajstić information content (AvgIpc) is 2.81. The lowest BCUT2D eigenvalue weighted by Gasteiger charge is -2.17. The highest BCUT2D eigenvalue weighted by Crippen LogP contribution is 2.30. The van der Waals surface area contributed by atoms with Gasteiger partial charge in [-0.3, -0.25) is 4.79 Å². The minimum Gasteiger partial charge on any atom is -0.438 e. The van der Waals surface area contributed by atoms with Crippen molar-refractivity contribution in [3.63, 3.8) is 0 Å². The summed E-state index contributed by atoms with van der Waals surface area (Å²) in [6, 6.07) is 1.59. The van der Waals surface area contributed by atoms with Gasteiger partial charge >= 0.3 is 0 Å². The standard InChI is InChI=1S/C14H18BrNO2S2/c1-3-4-6-19-7-5-16(2)12-8-11(17)14-13(18-12)10(15)9-20-14/h8-9H,3-7H2,1-2H3. The summed E-state index contributed by atoms with van der Waals surface area (Å²) in [5, 5.41) is 1.89. The van der Waals surface area contributed by atoms with Crippen LogP contribution in [0.15, 0.2) is 25.1 Å². The molecule has 0 atom stereocenters. The minimum absolute atomic E-state index is 0.0300. The van der Waals surface area contributed by atoms with E-state index < -0.39 is 0 Å². The van der Waals surface area contributed by atoms with Crippen LogP contribution in [0.2, 0.25) is 0 Å². The lowest BCUT2D eigenvalue weighted by molar-refractivity contribution is 0.589. The Balaban J connectivity index is 2.04. The number of fused-ring (bicyclic) bond motifs is 1. The quantitative estimate of drug-likeness (QED) is 0.662. The Bertz CT molecular complexity index is 623. The first-order valence-electron chi connectivity index (χ1n) is 6.63. The number of thiophene rings is 1. The number of hydrogen-bond acceptors (Lipinski definition) is 5. The van der Waals surface area contributed by atoms with Gasteiger partial charge in [-0.05, 0) is 28.1 Å². The molecule has 2 aromatic heterocycles. The molecule has 3 nitrogen and oxygen atoms in total. The molecule has 2 heterocycles. The third-order valence-corrected chi connectivity index (χ3v) is 5.89. The highest BCUT2D eigenvalue weighted by atomic mass is 79.9. The monoisotopic (exact) mass is 375 g/mol. The Kier molecular flexibility index (Phi) is 5.99. The first kappa shape index (κ1) is 15.9. The third kappa shape index (κ3) is 3.80. The van der Waals surface area contributed by atoms with Gasteiger partial charge in [0.2, 0.25) is 5.43 Å². The average molecular weight is 376 g/mol. The van der Waals surface area contributed by atoms with E-state index >= 15 is 0 Å². The number of anilines is 1. The van der Waals surface area contributed by atoms with E-state index in [2.05, 4.69) is 22.9 Å². The molecule has 0 amide bonds. The van der Waals surface area contributed by atoms with Gasteiger partial charge in [-0.15, -0.1) is 11.3 Å². The van der Waals surface area contributed by atoms with E-state index in [1.807, 2.05) is 29.1 Å². The largest absolute Gasteiger partial charge is 0.438 e. The van der Waals surface area contributed by atoms with Crippen LogP contribution in [0.1, 0.15) is 19.8 Å². The molecule has 0 fully saturated rings. The molecule has 0 unspecified atom stereocenters. The van der Waals surface area contributed by atoms with Crippen LogP contribution < -0.4 is 10.3 Å². The van der Waals surface area contributed by atoms with Crippen LogP contribution in [0.3, 0.4) is 0 Å². The van der Waals surface area contributed by atoms with Gasteiger partial charge in [-0.25, -0.2) is 0 Å². The van der Waals surface area contributed by atoms with E-state index in [1.54, 1.807) is 6.07 Å². The van der Waals surface area contributed by atoms with Gasteiger partial charge in [-0.1, -0.05) is 13.3 Å². The summed E-state index contributed by atoms with van der Waals surface area (Å²) in [7, 11) is 1.96. The lowest BCUT2D eigenvalue weighted by Crippen LogP contribution is -2.21. The molecule has 0 aliphatic carbocycles. The van der Waals surface area contributed by atoms with E-state index in [9.17, 15) is 4.79 Å². The van der Waals surface area contributed by atoms with Crippen molar-refractivity contribution in [2.75, 3.05) is 30.0 Å². The molecule has 0 aliphatic heterocycles. The molecule has 0 spiro atoms. The van der Waals surface area contributed by atoms with Crippen molar-refractivity contribution < 1.29 is 4.42 Å². The number of unbranched alkanes of at least 4 members (excludes halogenated alkanes) is 1. The zero-order valence-electron chi connectivity index (χ0n) is 11.6. The Hall–Kier alpha value is -0.460. The Labute approximate surface area is 135 Å². The molecule has 20 heavy (non-hydrogen) atoms. The molecule has 110 valence electrons. The van der Waals surface area contributed by atoms with E-state index in [-0.39, 0.29) is 5.43 Å². The zero-order chi connectivity index (χ0) is 14.5. The fourth-order valence-corrected chi connectivity index (χ4v) is 4.30. The second kappa shape index (κ2) is 7.52. The summed E-state index contributed by atoms with van der Waals surface area (Å²) in [6.07, 6.45) is 2.50. The highest BCUT2D eigenvalue weighted by molar-refractivity contribution is 9.10. The topological polar surface area (TPSA) is 33.5 Å². The van der Waals surface area contributed by atoms with Crippen molar-refractivity contribution in [1.29, 1.82) is 0 Å². The fourth-order valence-electron chi connectivity index (χ4n) is 1.75. The van der Waals surface area contributed by atoms with Crippen LogP contribution in [-0.2, 0) is 0 Å². The van der Waals surface area contributed by atoms with Crippen LogP contribution in [0.4, 0.5) is 5.88 Å². The smallest absolute Gasteiger partial charge is 0.204 e.